The third-order valence-electron chi connectivity index (χ3n) is 2.12. The molecule has 0 unspecified atom stereocenters. The topological polar surface area (TPSA) is 62.2 Å². The van der Waals surface area contributed by atoms with Crippen LogP contribution in [0, 0.1) is 5.82 Å². The van der Waals surface area contributed by atoms with E-state index in [2.05, 4.69) is 10.3 Å². The number of carbonyl (C=O) groups excluding carboxylic acids is 1. The van der Waals surface area contributed by atoms with E-state index in [-0.39, 0.29) is 17.9 Å². The lowest BCUT2D eigenvalue weighted by Gasteiger charge is -2.05. The second kappa shape index (κ2) is 4.92. The Bertz CT molecular complexity index is 528. The van der Waals surface area contributed by atoms with Crippen molar-refractivity contribution in [2.75, 3.05) is 0 Å². The van der Waals surface area contributed by atoms with Crippen LogP contribution in [0.25, 0.3) is 0 Å². The number of amides is 1. The highest BCUT2D eigenvalue weighted by Gasteiger charge is 2.11. The second-order valence-corrected chi connectivity index (χ2v) is 4.04. The molecular formula is C11H9FN2O2S. The van der Waals surface area contributed by atoms with Crippen molar-refractivity contribution >= 4 is 17.2 Å². The van der Waals surface area contributed by atoms with Crippen LogP contribution in [0.4, 0.5) is 4.39 Å². The number of phenolic OH excluding ortho intramolecular Hbond substituents is 1. The monoisotopic (exact) mass is 252 g/mol. The molecule has 0 saturated heterocycles. The fourth-order valence-electron chi connectivity index (χ4n) is 1.29. The van der Waals surface area contributed by atoms with Gasteiger partial charge in [-0.15, -0.1) is 11.3 Å². The van der Waals surface area contributed by atoms with Crippen molar-refractivity contribution in [3.05, 3.63) is 46.2 Å². The van der Waals surface area contributed by atoms with Crippen molar-refractivity contribution in [2.45, 2.75) is 6.54 Å². The van der Waals surface area contributed by atoms with Gasteiger partial charge in [0.25, 0.3) is 5.91 Å². The number of hydrogen-bond donors (Lipinski definition) is 2. The van der Waals surface area contributed by atoms with Crippen LogP contribution in [0.5, 0.6) is 5.75 Å². The summed E-state index contributed by atoms with van der Waals surface area (Å²) in [5.74, 6) is -1.42. The van der Waals surface area contributed by atoms with E-state index in [0.717, 1.165) is 17.8 Å². The van der Waals surface area contributed by atoms with Crippen molar-refractivity contribution in [3.8, 4) is 5.75 Å². The summed E-state index contributed by atoms with van der Waals surface area (Å²) in [7, 11) is 0. The summed E-state index contributed by atoms with van der Waals surface area (Å²) in [5, 5.41) is 13.8. The molecule has 1 amide bonds. The lowest BCUT2D eigenvalue weighted by molar-refractivity contribution is 0.0948. The normalized spacial score (nSPS) is 10.2. The minimum absolute atomic E-state index is 0.0432. The molecule has 0 radical (unpaired) electrons. The van der Waals surface area contributed by atoms with Crippen LogP contribution < -0.4 is 5.32 Å². The highest BCUT2D eigenvalue weighted by molar-refractivity contribution is 7.07. The molecule has 1 heterocycles. The van der Waals surface area contributed by atoms with Gasteiger partial charge in [0.05, 0.1) is 23.3 Å². The van der Waals surface area contributed by atoms with Gasteiger partial charge < -0.3 is 10.4 Å². The van der Waals surface area contributed by atoms with Gasteiger partial charge in [0.2, 0.25) is 0 Å². The van der Waals surface area contributed by atoms with E-state index in [9.17, 15) is 14.3 Å². The number of hydrogen-bond acceptors (Lipinski definition) is 4. The molecule has 2 aromatic rings. The number of thiazole rings is 1. The summed E-state index contributed by atoms with van der Waals surface area (Å²) >= 11 is 1.43. The number of phenols is 1. The molecule has 0 spiro atoms. The number of nitrogens with one attached hydrogen (secondary N) is 1. The maximum Gasteiger partial charge on any atom is 0.255 e. The number of aromatic hydroxyl groups is 1. The van der Waals surface area contributed by atoms with Crippen molar-refractivity contribution in [3.63, 3.8) is 0 Å². The molecule has 17 heavy (non-hydrogen) atoms. The zero-order chi connectivity index (χ0) is 12.3. The molecule has 0 saturated carbocycles. The first-order valence-corrected chi connectivity index (χ1v) is 5.75. The standard InChI is InChI=1S/C11H9FN2O2S/c12-7-1-2-9(10(15)3-7)11(16)13-4-8-5-17-6-14-8/h1-3,5-6,15H,4H2,(H,13,16). The van der Waals surface area contributed by atoms with Gasteiger partial charge in [0, 0.05) is 11.4 Å². The van der Waals surface area contributed by atoms with Gasteiger partial charge in [-0.3, -0.25) is 4.79 Å². The number of benzene rings is 1. The van der Waals surface area contributed by atoms with Crippen molar-refractivity contribution in [1.29, 1.82) is 0 Å². The molecule has 0 aliphatic heterocycles. The Morgan fingerprint density at radius 3 is 3.00 bits per heavy atom. The molecule has 1 aromatic heterocycles. The molecule has 0 bridgehead atoms. The third kappa shape index (κ3) is 2.79. The molecule has 0 atom stereocenters. The van der Waals surface area contributed by atoms with Crippen LogP contribution >= 0.6 is 11.3 Å². The maximum atomic E-state index is 12.7. The summed E-state index contributed by atoms with van der Waals surface area (Å²) in [5.41, 5.74) is 2.45. The van der Waals surface area contributed by atoms with Gasteiger partial charge in [-0.2, -0.15) is 0 Å². The van der Waals surface area contributed by atoms with E-state index in [0.29, 0.717) is 0 Å². The summed E-state index contributed by atoms with van der Waals surface area (Å²) in [6.45, 7) is 0.277. The lowest BCUT2D eigenvalue weighted by Crippen LogP contribution is -2.23. The maximum absolute atomic E-state index is 12.7. The molecular weight excluding hydrogens is 243 g/mol. The third-order valence-corrected chi connectivity index (χ3v) is 2.75. The van der Waals surface area contributed by atoms with Crippen LogP contribution in [0.1, 0.15) is 16.1 Å². The van der Waals surface area contributed by atoms with Gasteiger partial charge in [0.1, 0.15) is 11.6 Å². The molecule has 6 heteroatoms. The van der Waals surface area contributed by atoms with Crippen LogP contribution in [0.15, 0.2) is 29.1 Å². The van der Waals surface area contributed by atoms with Gasteiger partial charge in [-0.1, -0.05) is 0 Å². The Kier molecular flexibility index (Phi) is 3.34. The van der Waals surface area contributed by atoms with Gasteiger partial charge in [-0.25, -0.2) is 9.37 Å². The number of carbonyl (C=O) groups is 1. The van der Waals surface area contributed by atoms with Gasteiger partial charge in [-0.05, 0) is 12.1 Å². The predicted octanol–water partition coefficient (Wildman–Crippen LogP) is 1.92. The Labute approximate surface area is 101 Å². The molecule has 1 aromatic carbocycles. The SMILES string of the molecule is O=C(NCc1cscn1)c1ccc(F)cc1O. The average molecular weight is 252 g/mol. The first kappa shape index (κ1) is 11.5. The Balaban J connectivity index is 2.04. The highest BCUT2D eigenvalue weighted by atomic mass is 32.1. The molecule has 4 nitrogen and oxygen atoms in total. The smallest absolute Gasteiger partial charge is 0.255 e. The number of rotatable bonds is 3. The minimum Gasteiger partial charge on any atom is -0.507 e. The molecule has 2 N–H and O–H groups in total. The number of nitrogens with zero attached hydrogens (tertiary/aromatic N) is 1. The van der Waals surface area contributed by atoms with Crippen LogP contribution in [-0.4, -0.2) is 16.0 Å². The Hall–Kier alpha value is -1.95. The van der Waals surface area contributed by atoms with E-state index < -0.39 is 11.7 Å². The molecule has 2 rings (SSSR count). The molecule has 0 aliphatic carbocycles. The summed E-state index contributed by atoms with van der Waals surface area (Å²) < 4.78 is 12.7. The molecule has 0 fully saturated rings. The van der Waals surface area contributed by atoms with Gasteiger partial charge >= 0.3 is 0 Å². The highest BCUT2D eigenvalue weighted by Crippen LogP contribution is 2.17. The summed E-state index contributed by atoms with van der Waals surface area (Å²) in [6.07, 6.45) is 0. The zero-order valence-electron chi connectivity index (χ0n) is 8.68. The summed E-state index contributed by atoms with van der Waals surface area (Å²) in [4.78, 5) is 15.7. The number of halogens is 1. The lowest BCUT2D eigenvalue weighted by atomic mass is 10.2. The molecule has 88 valence electrons. The first-order valence-electron chi connectivity index (χ1n) is 4.80. The van der Waals surface area contributed by atoms with E-state index in [4.69, 9.17) is 0 Å². The average Bonchev–Trinajstić information content (AvgIpc) is 2.78. The van der Waals surface area contributed by atoms with Crippen LogP contribution in [0.2, 0.25) is 0 Å². The second-order valence-electron chi connectivity index (χ2n) is 3.32. The predicted molar refractivity (Wildman–Crippen MR) is 61.3 cm³/mol. The first-order chi connectivity index (χ1) is 8.16. The van der Waals surface area contributed by atoms with Crippen molar-refractivity contribution < 1.29 is 14.3 Å². The van der Waals surface area contributed by atoms with E-state index in [1.807, 2.05) is 5.38 Å². The molecule has 0 aliphatic rings. The van der Waals surface area contributed by atoms with E-state index in [1.54, 1.807) is 5.51 Å². The van der Waals surface area contributed by atoms with E-state index in [1.165, 1.54) is 17.4 Å². The van der Waals surface area contributed by atoms with Gasteiger partial charge in [0.15, 0.2) is 0 Å². The van der Waals surface area contributed by atoms with Crippen molar-refractivity contribution in [1.82, 2.24) is 10.3 Å². The minimum atomic E-state index is -0.585. The quantitative estimate of drug-likeness (QED) is 0.877. The van der Waals surface area contributed by atoms with Crippen molar-refractivity contribution in [2.24, 2.45) is 0 Å². The zero-order valence-corrected chi connectivity index (χ0v) is 9.50. The number of aromatic nitrogens is 1. The fraction of sp³-hybridized carbons (Fsp3) is 0.0909. The van der Waals surface area contributed by atoms with Crippen LogP contribution in [-0.2, 0) is 6.54 Å². The summed E-state index contributed by atoms with van der Waals surface area (Å²) in [6, 6.07) is 3.26. The van der Waals surface area contributed by atoms with E-state index >= 15 is 0 Å². The fourth-order valence-corrected chi connectivity index (χ4v) is 1.85. The largest absolute Gasteiger partial charge is 0.507 e. The Morgan fingerprint density at radius 1 is 1.53 bits per heavy atom. The van der Waals surface area contributed by atoms with Crippen LogP contribution in [0.3, 0.4) is 0 Å². The Morgan fingerprint density at radius 2 is 2.35 bits per heavy atom.